The molecule has 10 nitrogen and oxygen atoms in total. The summed E-state index contributed by atoms with van der Waals surface area (Å²) in [6.07, 6.45) is -0.776. The standard InChI is InChI=1S/C34H36N4O6/c1-35-31-14-8-13-28(36-31)19-20-44-34(42)38-30(23-43-22-24-9-4-2-5-10-24)33(41)37-29(21-32(39)40)27-17-15-26(16-18-27)25-11-6-3-7-12-25/h2-18,29-30H,19-23H2,1H3,(H,35,36)(H,37,41)(H,38,42)(H,39,40). The highest BCUT2D eigenvalue weighted by Gasteiger charge is 2.26. The molecule has 4 N–H and O–H groups in total. The highest BCUT2D eigenvalue weighted by Crippen LogP contribution is 2.23. The fourth-order valence-electron chi connectivity index (χ4n) is 4.48. The van der Waals surface area contributed by atoms with Crippen LogP contribution in [-0.4, -0.2) is 54.4 Å². The maximum absolute atomic E-state index is 13.5. The van der Waals surface area contributed by atoms with E-state index in [4.69, 9.17) is 9.47 Å². The van der Waals surface area contributed by atoms with Crippen LogP contribution in [0.25, 0.3) is 11.1 Å². The Hall–Kier alpha value is -5.22. The van der Waals surface area contributed by atoms with Crippen LogP contribution in [0.15, 0.2) is 103 Å². The molecule has 0 aliphatic carbocycles. The molecule has 0 radical (unpaired) electrons. The lowest BCUT2D eigenvalue weighted by Gasteiger charge is -2.23. The van der Waals surface area contributed by atoms with Gasteiger partial charge in [0, 0.05) is 19.2 Å². The minimum atomic E-state index is -1.14. The number of anilines is 1. The number of amides is 2. The number of carbonyl (C=O) groups excluding carboxylic acids is 2. The predicted molar refractivity (Wildman–Crippen MR) is 167 cm³/mol. The molecule has 44 heavy (non-hydrogen) atoms. The number of rotatable bonds is 15. The summed E-state index contributed by atoms with van der Waals surface area (Å²) < 4.78 is 11.1. The van der Waals surface area contributed by atoms with Crippen molar-refractivity contribution in [1.29, 1.82) is 0 Å². The van der Waals surface area contributed by atoms with Gasteiger partial charge in [-0.25, -0.2) is 9.78 Å². The number of alkyl carbamates (subject to hydrolysis) is 1. The van der Waals surface area contributed by atoms with Crippen LogP contribution in [0.4, 0.5) is 10.6 Å². The molecular formula is C34H36N4O6. The van der Waals surface area contributed by atoms with Gasteiger partial charge in [0.2, 0.25) is 5.91 Å². The number of nitrogens with one attached hydrogen (secondary N) is 3. The smallest absolute Gasteiger partial charge is 0.407 e. The molecular weight excluding hydrogens is 560 g/mol. The van der Waals surface area contributed by atoms with E-state index in [0.29, 0.717) is 17.8 Å². The zero-order chi connectivity index (χ0) is 31.1. The topological polar surface area (TPSA) is 139 Å². The first-order valence-corrected chi connectivity index (χ1v) is 14.3. The number of aliphatic carboxylic acids is 1. The minimum Gasteiger partial charge on any atom is -0.481 e. The van der Waals surface area contributed by atoms with E-state index in [1.807, 2.05) is 91.0 Å². The summed E-state index contributed by atoms with van der Waals surface area (Å²) >= 11 is 0. The molecule has 2 unspecified atom stereocenters. The third-order valence-corrected chi connectivity index (χ3v) is 6.77. The first kappa shape index (κ1) is 31.7. The van der Waals surface area contributed by atoms with Crippen LogP contribution >= 0.6 is 0 Å². The van der Waals surface area contributed by atoms with Crippen LogP contribution < -0.4 is 16.0 Å². The molecule has 2 amide bonds. The van der Waals surface area contributed by atoms with Crippen molar-refractivity contribution in [2.24, 2.45) is 0 Å². The van der Waals surface area contributed by atoms with Gasteiger partial charge in [0.05, 0.1) is 32.3 Å². The Kier molecular flexibility index (Phi) is 11.8. The maximum atomic E-state index is 13.5. The summed E-state index contributed by atoms with van der Waals surface area (Å²) in [6, 6.07) is 30.0. The second kappa shape index (κ2) is 16.4. The summed E-state index contributed by atoms with van der Waals surface area (Å²) in [5, 5.41) is 17.9. The molecule has 0 bridgehead atoms. The van der Waals surface area contributed by atoms with Crippen molar-refractivity contribution in [2.75, 3.05) is 25.6 Å². The molecule has 0 spiro atoms. The summed E-state index contributed by atoms with van der Waals surface area (Å²) in [7, 11) is 1.77. The first-order valence-electron chi connectivity index (χ1n) is 14.3. The van der Waals surface area contributed by atoms with Gasteiger partial charge in [-0.2, -0.15) is 0 Å². The van der Waals surface area contributed by atoms with Crippen molar-refractivity contribution in [2.45, 2.75) is 31.5 Å². The van der Waals surface area contributed by atoms with Crippen molar-refractivity contribution in [3.63, 3.8) is 0 Å². The van der Waals surface area contributed by atoms with E-state index in [0.717, 1.165) is 22.4 Å². The van der Waals surface area contributed by atoms with Crippen molar-refractivity contribution >= 4 is 23.8 Å². The van der Waals surface area contributed by atoms with Gasteiger partial charge in [-0.15, -0.1) is 0 Å². The van der Waals surface area contributed by atoms with E-state index >= 15 is 0 Å². The first-order chi connectivity index (χ1) is 21.4. The molecule has 0 aliphatic heterocycles. The molecule has 0 saturated heterocycles. The fourth-order valence-corrected chi connectivity index (χ4v) is 4.48. The maximum Gasteiger partial charge on any atom is 0.407 e. The van der Waals surface area contributed by atoms with Crippen LogP contribution in [0.3, 0.4) is 0 Å². The molecule has 1 aromatic heterocycles. The normalized spacial score (nSPS) is 12.0. The molecule has 0 saturated carbocycles. The summed E-state index contributed by atoms with van der Waals surface area (Å²) in [6.45, 7) is 0.100. The van der Waals surface area contributed by atoms with Gasteiger partial charge in [-0.05, 0) is 34.4 Å². The SMILES string of the molecule is CNc1cccc(CCOC(=O)NC(COCc2ccccc2)C(=O)NC(CC(=O)O)c2ccc(-c3ccccc3)cc2)n1. The van der Waals surface area contributed by atoms with Gasteiger partial charge >= 0.3 is 12.1 Å². The van der Waals surface area contributed by atoms with Crippen LogP contribution in [0.2, 0.25) is 0 Å². The predicted octanol–water partition coefficient (Wildman–Crippen LogP) is 4.98. The molecule has 4 aromatic rings. The van der Waals surface area contributed by atoms with Gasteiger partial charge in [-0.1, -0.05) is 91.0 Å². The van der Waals surface area contributed by atoms with E-state index < -0.39 is 30.1 Å². The molecule has 4 rings (SSSR count). The number of ether oxygens (including phenoxy) is 2. The lowest BCUT2D eigenvalue weighted by molar-refractivity contribution is -0.138. The zero-order valence-electron chi connectivity index (χ0n) is 24.4. The number of carbonyl (C=O) groups is 3. The van der Waals surface area contributed by atoms with Gasteiger partial charge in [0.15, 0.2) is 0 Å². The Morgan fingerprint density at radius 2 is 1.50 bits per heavy atom. The van der Waals surface area contributed by atoms with Crippen LogP contribution in [0, 0.1) is 0 Å². The summed E-state index contributed by atoms with van der Waals surface area (Å²) in [4.78, 5) is 42.3. The number of nitrogens with zero attached hydrogens (tertiary/aromatic N) is 1. The number of benzene rings is 3. The lowest BCUT2D eigenvalue weighted by Crippen LogP contribution is -2.50. The van der Waals surface area contributed by atoms with Crippen molar-refractivity contribution in [1.82, 2.24) is 15.6 Å². The minimum absolute atomic E-state index is 0.0423. The molecule has 3 aromatic carbocycles. The third-order valence-electron chi connectivity index (χ3n) is 6.77. The van der Waals surface area contributed by atoms with E-state index in [1.54, 1.807) is 19.2 Å². The van der Waals surface area contributed by atoms with Crippen molar-refractivity contribution < 1.29 is 29.0 Å². The summed E-state index contributed by atoms with van der Waals surface area (Å²) in [5.41, 5.74) is 4.22. The zero-order valence-corrected chi connectivity index (χ0v) is 24.4. The Balaban J connectivity index is 1.42. The van der Waals surface area contributed by atoms with Crippen molar-refractivity contribution in [3.05, 3.63) is 120 Å². The molecule has 2 atom stereocenters. The number of carboxylic acids is 1. The summed E-state index contributed by atoms with van der Waals surface area (Å²) in [5.74, 6) is -0.982. The Morgan fingerprint density at radius 3 is 2.18 bits per heavy atom. The van der Waals surface area contributed by atoms with E-state index in [2.05, 4.69) is 20.9 Å². The van der Waals surface area contributed by atoms with E-state index in [1.165, 1.54) is 0 Å². The molecule has 228 valence electrons. The Morgan fingerprint density at radius 1 is 0.818 bits per heavy atom. The van der Waals surface area contributed by atoms with Gasteiger partial charge < -0.3 is 30.5 Å². The van der Waals surface area contributed by atoms with Crippen LogP contribution in [-0.2, 0) is 32.1 Å². The van der Waals surface area contributed by atoms with E-state index in [-0.39, 0.29) is 26.2 Å². The number of aromatic nitrogens is 1. The molecule has 10 heteroatoms. The average molecular weight is 597 g/mol. The second-order valence-electron chi connectivity index (χ2n) is 9.99. The quantitative estimate of drug-likeness (QED) is 0.151. The second-order valence-corrected chi connectivity index (χ2v) is 9.99. The molecule has 0 aliphatic rings. The number of hydrogen-bond donors (Lipinski definition) is 4. The Bertz CT molecular complexity index is 1500. The highest BCUT2D eigenvalue weighted by molar-refractivity contribution is 5.86. The van der Waals surface area contributed by atoms with Gasteiger partial charge in [-0.3, -0.25) is 9.59 Å². The van der Waals surface area contributed by atoms with Crippen LogP contribution in [0.5, 0.6) is 0 Å². The number of carboxylic acid groups (broad SMARTS) is 1. The van der Waals surface area contributed by atoms with Crippen molar-refractivity contribution in [3.8, 4) is 11.1 Å². The molecule has 1 heterocycles. The lowest BCUT2D eigenvalue weighted by atomic mass is 9.99. The monoisotopic (exact) mass is 596 g/mol. The van der Waals surface area contributed by atoms with Gasteiger partial charge in [0.25, 0.3) is 0 Å². The van der Waals surface area contributed by atoms with Gasteiger partial charge in [0.1, 0.15) is 11.9 Å². The fraction of sp³-hybridized carbons (Fsp3) is 0.235. The largest absolute Gasteiger partial charge is 0.481 e. The number of pyridine rings is 1. The average Bonchev–Trinajstić information content (AvgIpc) is 3.05. The van der Waals surface area contributed by atoms with Crippen LogP contribution in [0.1, 0.15) is 29.3 Å². The van der Waals surface area contributed by atoms with E-state index in [9.17, 15) is 19.5 Å². The number of hydrogen-bond acceptors (Lipinski definition) is 7. The highest BCUT2D eigenvalue weighted by atomic mass is 16.5. The third kappa shape index (κ3) is 9.95. The molecule has 0 fully saturated rings. The Labute approximate surface area is 256 Å².